The van der Waals surface area contributed by atoms with Gasteiger partial charge in [-0.25, -0.2) is 13.2 Å². The van der Waals surface area contributed by atoms with Crippen LogP contribution in [0, 0.1) is 10.1 Å². The zero-order chi connectivity index (χ0) is 25.0. The first-order chi connectivity index (χ1) is 16.1. The number of rotatable bonds is 10. The Hall–Kier alpha value is -3.71. The number of fused-ring (bicyclic) bond motifs is 1. The summed E-state index contributed by atoms with van der Waals surface area (Å²) in [5.41, 5.74) is 0.0324. The van der Waals surface area contributed by atoms with E-state index in [0.717, 1.165) is 10.6 Å². The summed E-state index contributed by atoms with van der Waals surface area (Å²) in [6.07, 6.45) is 0. The lowest BCUT2D eigenvalue weighted by Gasteiger charge is -2.20. The number of hydrogen-bond acceptors (Lipinski definition) is 8. The Balaban J connectivity index is 1.93. The van der Waals surface area contributed by atoms with Gasteiger partial charge < -0.3 is 14.5 Å². The largest absolute Gasteiger partial charge is 0.492 e. The fraction of sp³-hybridized carbons (Fsp3) is 0.333. The third-order valence-corrected chi connectivity index (χ3v) is 7.08. The number of aromatic nitrogens is 1. The quantitative estimate of drug-likeness (QED) is 0.335. The normalized spacial score (nSPS) is 11.6. The van der Waals surface area contributed by atoms with E-state index in [2.05, 4.69) is 5.32 Å². The van der Waals surface area contributed by atoms with Crippen LogP contribution >= 0.6 is 0 Å². The average Bonchev–Trinajstić information content (AvgIpc) is 3.09. The Bertz CT molecular complexity index is 1390. The van der Waals surface area contributed by atoms with Crippen molar-refractivity contribution in [1.29, 1.82) is 0 Å². The maximum atomic E-state index is 12.9. The predicted octanol–water partition coefficient (Wildman–Crippen LogP) is 2.57. The molecule has 0 bridgehead atoms. The molecule has 12 nitrogen and oxygen atoms in total. The van der Waals surface area contributed by atoms with Crippen molar-refractivity contribution in [3.8, 4) is 5.75 Å². The number of nitro benzene ring substituents is 1. The van der Waals surface area contributed by atoms with Gasteiger partial charge in [-0.15, -0.1) is 0 Å². The van der Waals surface area contributed by atoms with Gasteiger partial charge in [-0.3, -0.25) is 19.5 Å². The molecule has 34 heavy (non-hydrogen) atoms. The number of carbonyl (C=O) groups excluding carboxylic acids is 1. The van der Waals surface area contributed by atoms with Crippen LogP contribution in [0.2, 0.25) is 0 Å². The fourth-order valence-electron chi connectivity index (χ4n) is 3.41. The standard InChI is InChI=1S/C21H24N4O8S/c1-4-23(5-2)34(30,31)15-8-10-18(32-6-3)16(12-15)22-20(26)13-24-17-9-7-14(25(28)29)11-19(17)33-21(24)27/h7-12H,4-6,13H2,1-3H3,(H,22,26). The van der Waals surface area contributed by atoms with E-state index in [9.17, 15) is 28.1 Å². The number of anilines is 1. The first-order valence-corrected chi connectivity index (χ1v) is 11.9. The van der Waals surface area contributed by atoms with Crippen molar-refractivity contribution in [2.45, 2.75) is 32.2 Å². The van der Waals surface area contributed by atoms with Gasteiger partial charge in [-0.05, 0) is 31.2 Å². The van der Waals surface area contributed by atoms with Crippen LogP contribution in [0.25, 0.3) is 11.1 Å². The molecule has 2 aromatic carbocycles. The fourth-order valence-corrected chi connectivity index (χ4v) is 4.90. The number of hydrogen-bond donors (Lipinski definition) is 1. The molecule has 0 saturated heterocycles. The van der Waals surface area contributed by atoms with Gasteiger partial charge in [-0.2, -0.15) is 4.31 Å². The van der Waals surface area contributed by atoms with Crippen molar-refractivity contribution in [2.75, 3.05) is 25.0 Å². The average molecular weight is 493 g/mol. The van der Waals surface area contributed by atoms with Crippen LogP contribution in [0.15, 0.2) is 50.5 Å². The van der Waals surface area contributed by atoms with Gasteiger partial charge in [0.2, 0.25) is 15.9 Å². The SMILES string of the molecule is CCOc1ccc(S(=O)(=O)N(CC)CC)cc1NC(=O)Cn1c(=O)oc2cc([N+](=O)[O-])ccc21. The lowest BCUT2D eigenvalue weighted by Crippen LogP contribution is -2.30. The summed E-state index contributed by atoms with van der Waals surface area (Å²) in [6, 6.07) is 7.76. The van der Waals surface area contributed by atoms with Crippen molar-refractivity contribution in [3.05, 3.63) is 57.1 Å². The molecule has 0 unspecified atom stereocenters. The van der Waals surface area contributed by atoms with E-state index in [0.29, 0.717) is 0 Å². The highest BCUT2D eigenvalue weighted by Gasteiger charge is 2.24. The zero-order valence-corrected chi connectivity index (χ0v) is 19.6. The molecule has 13 heteroatoms. The Morgan fingerprint density at radius 3 is 2.50 bits per heavy atom. The molecule has 1 amide bonds. The third-order valence-electron chi connectivity index (χ3n) is 5.03. The summed E-state index contributed by atoms with van der Waals surface area (Å²) < 4.78 is 38.6. The highest BCUT2D eigenvalue weighted by atomic mass is 32.2. The van der Waals surface area contributed by atoms with Crippen LogP contribution in [0.3, 0.4) is 0 Å². The molecule has 0 spiro atoms. The number of oxazole rings is 1. The summed E-state index contributed by atoms with van der Waals surface area (Å²) >= 11 is 0. The van der Waals surface area contributed by atoms with Gasteiger partial charge in [0.05, 0.1) is 33.7 Å². The Morgan fingerprint density at radius 1 is 1.18 bits per heavy atom. The number of sulfonamides is 1. The van der Waals surface area contributed by atoms with Crippen molar-refractivity contribution in [1.82, 2.24) is 8.87 Å². The maximum absolute atomic E-state index is 12.9. The number of non-ortho nitro benzene ring substituents is 1. The van der Waals surface area contributed by atoms with Crippen molar-refractivity contribution in [2.24, 2.45) is 0 Å². The molecule has 0 radical (unpaired) electrons. The topological polar surface area (TPSA) is 154 Å². The van der Waals surface area contributed by atoms with E-state index in [4.69, 9.17) is 9.15 Å². The predicted molar refractivity (Wildman–Crippen MR) is 123 cm³/mol. The Morgan fingerprint density at radius 2 is 1.88 bits per heavy atom. The monoisotopic (exact) mass is 492 g/mol. The number of carbonyl (C=O) groups is 1. The van der Waals surface area contributed by atoms with Gasteiger partial charge in [0.1, 0.15) is 12.3 Å². The molecular weight excluding hydrogens is 468 g/mol. The molecule has 182 valence electrons. The molecule has 0 aliphatic carbocycles. The van der Waals surface area contributed by atoms with Gasteiger partial charge in [-0.1, -0.05) is 13.8 Å². The number of nitro groups is 1. The number of nitrogens with one attached hydrogen (secondary N) is 1. The summed E-state index contributed by atoms with van der Waals surface area (Å²) in [4.78, 5) is 35.3. The van der Waals surface area contributed by atoms with E-state index >= 15 is 0 Å². The second-order valence-electron chi connectivity index (χ2n) is 7.09. The van der Waals surface area contributed by atoms with Crippen LogP contribution in [-0.2, 0) is 21.4 Å². The first kappa shape index (κ1) is 24.9. The molecule has 1 heterocycles. The number of nitrogens with zero attached hydrogens (tertiary/aromatic N) is 3. The van der Waals surface area contributed by atoms with Gasteiger partial charge in [0.25, 0.3) is 5.69 Å². The number of amides is 1. The molecule has 0 aliphatic rings. The molecular formula is C21H24N4O8S. The first-order valence-electron chi connectivity index (χ1n) is 10.5. The highest BCUT2D eigenvalue weighted by molar-refractivity contribution is 7.89. The van der Waals surface area contributed by atoms with E-state index in [1.54, 1.807) is 20.8 Å². The van der Waals surface area contributed by atoms with Crippen LogP contribution in [0.4, 0.5) is 11.4 Å². The molecule has 3 aromatic rings. The second kappa shape index (κ2) is 10.1. The van der Waals surface area contributed by atoms with E-state index in [1.807, 2.05) is 0 Å². The van der Waals surface area contributed by atoms with Gasteiger partial charge >= 0.3 is 5.76 Å². The zero-order valence-electron chi connectivity index (χ0n) is 18.8. The Kier molecular flexibility index (Phi) is 7.37. The van der Waals surface area contributed by atoms with Gasteiger partial charge in [0, 0.05) is 19.2 Å². The van der Waals surface area contributed by atoms with Crippen molar-refractivity contribution in [3.63, 3.8) is 0 Å². The minimum absolute atomic E-state index is 0.0202. The number of benzene rings is 2. The molecule has 0 aliphatic heterocycles. The molecule has 1 aromatic heterocycles. The lowest BCUT2D eigenvalue weighted by molar-refractivity contribution is -0.384. The van der Waals surface area contributed by atoms with E-state index < -0.39 is 33.2 Å². The van der Waals surface area contributed by atoms with Crippen LogP contribution < -0.4 is 15.8 Å². The summed E-state index contributed by atoms with van der Waals surface area (Å²) in [5, 5.41) is 13.5. The lowest BCUT2D eigenvalue weighted by atomic mass is 10.2. The maximum Gasteiger partial charge on any atom is 0.420 e. The second-order valence-corrected chi connectivity index (χ2v) is 9.03. The molecule has 3 rings (SSSR count). The molecule has 0 atom stereocenters. The van der Waals surface area contributed by atoms with Crippen molar-refractivity contribution >= 4 is 38.4 Å². The third kappa shape index (κ3) is 4.94. The van der Waals surface area contributed by atoms with Crippen LogP contribution in [0.1, 0.15) is 20.8 Å². The summed E-state index contributed by atoms with van der Waals surface area (Å²) in [5.74, 6) is -1.26. The minimum atomic E-state index is -3.79. The van der Waals surface area contributed by atoms with Crippen LogP contribution in [0.5, 0.6) is 5.75 Å². The highest BCUT2D eigenvalue weighted by Crippen LogP contribution is 2.29. The molecule has 0 saturated carbocycles. The minimum Gasteiger partial charge on any atom is -0.492 e. The summed E-state index contributed by atoms with van der Waals surface area (Å²) in [7, 11) is -3.79. The molecule has 1 N–H and O–H groups in total. The smallest absolute Gasteiger partial charge is 0.420 e. The van der Waals surface area contributed by atoms with Gasteiger partial charge in [0.15, 0.2) is 5.58 Å². The van der Waals surface area contributed by atoms with E-state index in [1.165, 1.54) is 34.6 Å². The number of ether oxygens (including phenoxy) is 1. The Labute approximate surface area is 194 Å². The van der Waals surface area contributed by atoms with Crippen molar-refractivity contribution < 1.29 is 27.3 Å². The molecule has 0 fully saturated rings. The van der Waals surface area contributed by atoms with E-state index in [-0.39, 0.29) is 52.8 Å². The van der Waals surface area contributed by atoms with Crippen LogP contribution in [-0.4, -0.2) is 47.8 Å². The summed E-state index contributed by atoms with van der Waals surface area (Å²) in [6.45, 7) is 5.55.